The third-order valence-electron chi connectivity index (χ3n) is 3.64. The third kappa shape index (κ3) is 2.85. The Bertz CT molecular complexity index is 763. The van der Waals surface area contributed by atoms with Gasteiger partial charge in [-0.3, -0.25) is 0 Å². The molecule has 1 aromatic heterocycles. The van der Waals surface area contributed by atoms with E-state index in [-0.39, 0.29) is 11.2 Å². The number of hydrogen-bond donors (Lipinski definition) is 1. The van der Waals surface area contributed by atoms with Gasteiger partial charge in [0.1, 0.15) is 5.82 Å². The molecular formula is C19H20FN. The fraction of sp³-hybridized carbons (Fsp3) is 0.263. The first kappa shape index (κ1) is 13.9. The summed E-state index contributed by atoms with van der Waals surface area (Å²) in [7, 11) is 0. The Morgan fingerprint density at radius 3 is 2.38 bits per heavy atom. The van der Waals surface area contributed by atoms with Crippen molar-refractivity contribution in [3.05, 3.63) is 59.9 Å². The predicted octanol–water partition coefficient (Wildman–Crippen LogP) is 5.56. The number of rotatable bonds is 2. The Morgan fingerprint density at radius 2 is 1.71 bits per heavy atom. The van der Waals surface area contributed by atoms with Gasteiger partial charge in [0, 0.05) is 16.6 Å². The van der Waals surface area contributed by atoms with E-state index in [1.54, 1.807) is 6.07 Å². The van der Waals surface area contributed by atoms with Crippen LogP contribution in [0.1, 0.15) is 26.3 Å². The van der Waals surface area contributed by atoms with E-state index in [0.29, 0.717) is 0 Å². The largest absolute Gasteiger partial charge is 0.354 e. The number of benzene rings is 2. The second kappa shape index (κ2) is 5.03. The minimum Gasteiger partial charge on any atom is -0.354 e. The fourth-order valence-corrected chi connectivity index (χ4v) is 2.79. The SMILES string of the molecule is CC(C)(C)Cc1c(-c2ccccc2)[nH]c2ccc(F)cc12. The Labute approximate surface area is 124 Å². The minimum atomic E-state index is -0.184. The molecule has 1 nitrogen and oxygen atoms in total. The summed E-state index contributed by atoms with van der Waals surface area (Å²) in [6, 6.07) is 15.2. The molecule has 0 amide bonds. The van der Waals surface area contributed by atoms with Crippen molar-refractivity contribution < 1.29 is 4.39 Å². The van der Waals surface area contributed by atoms with Crippen LogP contribution in [0.25, 0.3) is 22.2 Å². The summed E-state index contributed by atoms with van der Waals surface area (Å²) in [6.45, 7) is 6.62. The first-order valence-corrected chi connectivity index (χ1v) is 7.29. The molecule has 3 rings (SSSR count). The van der Waals surface area contributed by atoms with Gasteiger partial charge in [0.25, 0.3) is 0 Å². The maximum absolute atomic E-state index is 13.6. The van der Waals surface area contributed by atoms with Crippen LogP contribution in [0.5, 0.6) is 0 Å². The van der Waals surface area contributed by atoms with Gasteiger partial charge in [0.05, 0.1) is 0 Å². The zero-order valence-electron chi connectivity index (χ0n) is 12.7. The number of hydrogen-bond acceptors (Lipinski definition) is 0. The molecule has 0 radical (unpaired) electrons. The minimum absolute atomic E-state index is 0.144. The highest BCUT2D eigenvalue weighted by Crippen LogP contribution is 2.35. The molecule has 108 valence electrons. The first-order valence-electron chi connectivity index (χ1n) is 7.29. The molecule has 3 aromatic rings. The van der Waals surface area contributed by atoms with Crippen molar-refractivity contribution in [2.75, 3.05) is 0 Å². The molecule has 0 aliphatic carbocycles. The molecule has 0 aliphatic rings. The molecule has 1 heterocycles. The van der Waals surface area contributed by atoms with E-state index in [0.717, 1.165) is 28.6 Å². The monoisotopic (exact) mass is 281 g/mol. The number of nitrogens with one attached hydrogen (secondary N) is 1. The van der Waals surface area contributed by atoms with Crippen LogP contribution in [0.2, 0.25) is 0 Å². The molecule has 0 unspecified atom stereocenters. The van der Waals surface area contributed by atoms with Gasteiger partial charge in [-0.1, -0.05) is 51.1 Å². The van der Waals surface area contributed by atoms with Gasteiger partial charge < -0.3 is 4.98 Å². The van der Waals surface area contributed by atoms with Crippen LogP contribution in [-0.2, 0) is 6.42 Å². The summed E-state index contributed by atoms with van der Waals surface area (Å²) in [6.07, 6.45) is 0.903. The molecule has 0 bridgehead atoms. The van der Waals surface area contributed by atoms with Gasteiger partial charge in [-0.25, -0.2) is 4.39 Å². The van der Waals surface area contributed by atoms with Gasteiger partial charge in [0.2, 0.25) is 0 Å². The summed E-state index contributed by atoms with van der Waals surface area (Å²) in [5, 5.41) is 0.990. The summed E-state index contributed by atoms with van der Waals surface area (Å²) < 4.78 is 13.6. The highest BCUT2D eigenvalue weighted by atomic mass is 19.1. The molecule has 1 N–H and O–H groups in total. The molecule has 2 heteroatoms. The highest BCUT2D eigenvalue weighted by molar-refractivity contribution is 5.90. The predicted molar refractivity (Wildman–Crippen MR) is 86.9 cm³/mol. The van der Waals surface area contributed by atoms with E-state index in [2.05, 4.69) is 37.9 Å². The van der Waals surface area contributed by atoms with Crippen LogP contribution in [0, 0.1) is 11.2 Å². The van der Waals surface area contributed by atoms with Crippen LogP contribution >= 0.6 is 0 Å². The topological polar surface area (TPSA) is 15.8 Å². The van der Waals surface area contributed by atoms with Crippen LogP contribution in [0.4, 0.5) is 4.39 Å². The van der Waals surface area contributed by atoms with E-state index in [1.165, 1.54) is 11.6 Å². The Kier molecular flexibility index (Phi) is 3.32. The summed E-state index contributed by atoms with van der Waals surface area (Å²) >= 11 is 0. The van der Waals surface area contributed by atoms with Crippen molar-refractivity contribution >= 4 is 10.9 Å². The number of aromatic nitrogens is 1. The van der Waals surface area contributed by atoms with Gasteiger partial charge >= 0.3 is 0 Å². The maximum Gasteiger partial charge on any atom is 0.123 e. The van der Waals surface area contributed by atoms with E-state index < -0.39 is 0 Å². The lowest BCUT2D eigenvalue weighted by Gasteiger charge is -2.19. The number of halogens is 1. The van der Waals surface area contributed by atoms with Crippen molar-refractivity contribution in [1.82, 2.24) is 4.98 Å². The van der Waals surface area contributed by atoms with E-state index >= 15 is 0 Å². The zero-order chi connectivity index (χ0) is 15.0. The van der Waals surface area contributed by atoms with Crippen molar-refractivity contribution in [3.63, 3.8) is 0 Å². The standard InChI is InChI=1S/C19H20FN/c1-19(2,3)12-16-15-11-14(20)9-10-17(15)21-18(16)13-7-5-4-6-8-13/h4-11,21H,12H2,1-3H3. The summed E-state index contributed by atoms with van der Waals surface area (Å²) in [5.41, 5.74) is 4.59. The average Bonchev–Trinajstić information content (AvgIpc) is 2.76. The lowest BCUT2D eigenvalue weighted by molar-refractivity contribution is 0.413. The van der Waals surface area contributed by atoms with Crippen molar-refractivity contribution in [1.29, 1.82) is 0 Å². The Hall–Kier alpha value is -2.09. The Balaban J connectivity index is 2.25. The quantitative estimate of drug-likeness (QED) is 0.632. The summed E-state index contributed by atoms with van der Waals surface area (Å²) in [5.74, 6) is -0.184. The van der Waals surface area contributed by atoms with E-state index in [9.17, 15) is 4.39 Å². The smallest absolute Gasteiger partial charge is 0.123 e. The van der Waals surface area contributed by atoms with E-state index in [4.69, 9.17) is 0 Å². The molecule has 21 heavy (non-hydrogen) atoms. The zero-order valence-corrected chi connectivity index (χ0v) is 12.7. The van der Waals surface area contributed by atoms with E-state index in [1.807, 2.05) is 24.3 Å². The summed E-state index contributed by atoms with van der Waals surface area (Å²) in [4.78, 5) is 3.46. The molecule has 0 saturated carbocycles. The lowest BCUT2D eigenvalue weighted by Crippen LogP contribution is -2.09. The van der Waals surface area contributed by atoms with Crippen LogP contribution in [-0.4, -0.2) is 4.98 Å². The van der Waals surface area contributed by atoms with Crippen LogP contribution in [0.15, 0.2) is 48.5 Å². The first-order chi connectivity index (χ1) is 9.94. The van der Waals surface area contributed by atoms with Gasteiger partial charge in [-0.2, -0.15) is 0 Å². The third-order valence-corrected chi connectivity index (χ3v) is 3.64. The molecule has 0 spiro atoms. The van der Waals surface area contributed by atoms with Crippen LogP contribution in [0.3, 0.4) is 0 Å². The number of aromatic amines is 1. The maximum atomic E-state index is 13.6. The normalized spacial score (nSPS) is 12.0. The average molecular weight is 281 g/mol. The van der Waals surface area contributed by atoms with Crippen LogP contribution < -0.4 is 0 Å². The van der Waals surface area contributed by atoms with Crippen molar-refractivity contribution in [3.8, 4) is 11.3 Å². The van der Waals surface area contributed by atoms with Gasteiger partial charge in [-0.05, 0) is 41.2 Å². The second-order valence-corrected chi connectivity index (χ2v) is 6.77. The second-order valence-electron chi connectivity index (χ2n) is 6.77. The van der Waals surface area contributed by atoms with Gasteiger partial charge in [0.15, 0.2) is 0 Å². The number of H-pyrrole nitrogens is 1. The highest BCUT2D eigenvalue weighted by Gasteiger charge is 2.19. The lowest BCUT2D eigenvalue weighted by atomic mass is 9.86. The molecule has 0 saturated heterocycles. The molecule has 0 fully saturated rings. The molecule has 0 atom stereocenters. The Morgan fingerprint density at radius 1 is 1.00 bits per heavy atom. The van der Waals surface area contributed by atoms with Crippen molar-refractivity contribution in [2.45, 2.75) is 27.2 Å². The molecular weight excluding hydrogens is 261 g/mol. The van der Waals surface area contributed by atoms with Crippen molar-refractivity contribution in [2.24, 2.45) is 5.41 Å². The number of fused-ring (bicyclic) bond motifs is 1. The molecule has 0 aliphatic heterocycles. The fourth-order valence-electron chi connectivity index (χ4n) is 2.79. The molecule has 2 aromatic carbocycles. The van der Waals surface area contributed by atoms with Gasteiger partial charge in [-0.15, -0.1) is 0 Å².